The number of amides is 1. The summed E-state index contributed by atoms with van der Waals surface area (Å²) in [6, 6.07) is 11.2. The predicted molar refractivity (Wildman–Crippen MR) is 128 cm³/mol. The van der Waals surface area contributed by atoms with Gasteiger partial charge in [-0.15, -0.1) is 0 Å². The van der Waals surface area contributed by atoms with Gasteiger partial charge in [0.05, 0.1) is 10.0 Å². The van der Waals surface area contributed by atoms with Crippen LogP contribution < -0.4 is 15.7 Å². The molecule has 0 unspecified atom stereocenters. The Balaban J connectivity index is 1.46. The lowest BCUT2D eigenvalue weighted by Gasteiger charge is -2.22. The molecular weight excluding hydrogens is 465 g/mol. The summed E-state index contributed by atoms with van der Waals surface area (Å²) in [5, 5.41) is 4.27. The number of halogens is 2. The minimum Gasteiger partial charge on any atom is -0.423 e. The molecule has 170 valence electrons. The Kier molecular flexibility index (Phi) is 7.16. The first-order chi connectivity index (χ1) is 15.9. The van der Waals surface area contributed by atoms with E-state index >= 15 is 0 Å². The monoisotopic (exact) mass is 485 g/mol. The fraction of sp³-hybridized carbons (Fsp3) is 0.240. The van der Waals surface area contributed by atoms with E-state index in [1.165, 1.54) is 24.6 Å². The van der Waals surface area contributed by atoms with Gasteiger partial charge >= 0.3 is 11.6 Å². The number of ether oxygens (including phenoxy) is 1. The van der Waals surface area contributed by atoms with Crippen molar-refractivity contribution in [2.45, 2.75) is 38.1 Å². The third kappa shape index (κ3) is 5.83. The van der Waals surface area contributed by atoms with Gasteiger partial charge in [0.15, 0.2) is 0 Å². The van der Waals surface area contributed by atoms with Gasteiger partial charge in [-0.25, -0.2) is 9.59 Å². The molecule has 33 heavy (non-hydrogen) atoms. The summed E-state index contributed by atoms with van der Waals surface area (Å²) in [6.07, 6.45) is 7.94. The second-order valence-corrected chi connectivity index (χ2v) is 8.70. The molecule has 3 aromatic rings. The van der Waals surface area contributed by atoms with Crippen LogP contribution in [0.1, 0.15) is 48.0 Å². The largest absolute Gasteiger partial charge is 0.423 e. The molecule has 2 aromatic carbocycles. The van der Waals surface area contributed by atoms with E-state index in [1.54, 1.807) is 36.4 Å². The maximum absolute atomic E-state index is 12.6. The van der Waals surface area contributed by atoms with Crippen LogP contribution in [0.3, 0.4) is 0 Å². The Labute approximate surface area is 200 Å². The highest BCUT2D eigenvalue weighted by atomic mass is 35.5. The average molecular weight is 486 g/mol. The van der Waals surface area contributed by atoms with E-state index in [9.17, 15) is 14.4 Å². The molecule has 0 aliphatic heterocycles. The lowest BCUT2D eigenvalue weighted by Crippen LogP contribution is -2.38. The summed E-state index contributed by atoms with van der Waals surface area (Å²) in [6.45, 7) is 0. The minimum atomic E-state index is -0.737. The van der Waals surface area contributed by atoms with E-state index in [1.807, 2.05) is 0 Å². The molecule has 1 saturated carbocycles. The Hall–Kier alpha value is -3.09. The molecule has 1 N–H and O–H groups in total. The maximum atomic E-state index is 12.6. The molecule has 0 saturated heterocycles. The van der Waals surface area contributed by atoms with Crippen LogP contribution >= 0.6 is 23.2 Å². The molecule has 1 aliphatic rings. The summed E-state index contributed by atoms with van der Waals surface area (Å²) < 4.78 is 10.6. The molecule has 0 spiro atoms. The van der Waals surface area contributed by atoms with Gasteiger partial charge in [0.2, 0.25) is 0 Å². The first kappa shape index (κ1) is 23.1. The van der Waals surface area contributed by atoms with Crippen LogP contribution in [0.4, 0.5) is 0 Å². The fourth-order valence-electron chi connectivity index (χ4n) is 3.75. The first-order valence-corrected chi connectivity index (χ1v) is 11.4. The topological polar surface area (TPSA) is 85.6 Å². The molecule has 1 aromatic heterocycles. The molecule has 0 bridgehead atoms. The van der Waals surface area contributed by atoms with Crippen LogP contribution in [0, 0.1) is 0 Å². The zero-order chi connectivity index (χ0) is 23.4. The van der Waals surface area contributed by atoms with Crippen molar-refractivity contribution in [1.82, 2.24) is 5.32 Å². The standard InChI is InChI=1S/C25H21Cl2NO5/c26-20-10-6-15(12-21(20)27)7-11-23(29)32-18-9-8-16-13-19(25(31)33-22(16)14-18)24(30)28-17-4-2-1-3-5-17/h6-14,17H,1-5H2,(H,28,30)/b11-7+. The van der Waals surface area contributed by atoms with E-state index in [-0.39, 0.29) is 22.9 Å². The molecule has 1 amide bonds. The molecule has 1 heterocycles. The van der Waals surface area contributed by atoms with Crippen LogP contribution in [0.25, 0.3) is 17.0 Å². The molecule has 0 atom stereocenters. The maximum Gasteiger partial charge on any atom is 0.349 e. The van der Waals surface area contributed by atoms with Crippen molar-refractivity contribution >= 4 is 52.1 Å². The van der Waals surface area contributed by atoms with Crippen molar-refractivity contribution in [2.75, 3.05) is 0 Å². The van der Waals surface area contributed by atoms with Crippen molar-refractivity contribution in [3.8, 4) is 5.75 Å². The minimum absolute atomic E-state index is 0.0395. The van der Waals surface area contributed by atoms with Crippen LogP contribution in [-0.2, 0) is 4.79 Å². The first-order valence-electron chi connectivity index (χ1n) is 10.6. The zero-order valence-corrected chi connectivity index (χ0v) is 19.1. The Bertz CT molecular complexity index is 1290. The Morgan fingerprint density at radius 2 is 1.79 bits per heavy atom. The number of esters is 1. The highest BCUT2D eigenvalue weighted by molar-refractivity contribution is 6.42. The number of benzene rings is 2. The smallest absolute Gasteiger partial charge is 0.349 e. The van der Waals surface area contributed by atoms with Gasteiger partial charge in [-0.2, -0.15) is 0 Å². The molecule has 8 heteroatoms. The van der Waals surface area contributed by atoms with Crippen LogP contribution in [0.15, 0.2) is 57.8 Å². The molecular formula is C25H21Cl2NO5. The summed E-state index contributed by atoms with van der Waals surface area (Å²) in [7, 11) is 0. The van der Waals surface area contributed by atoms with Crippen LogP contribution in [-0.4, -0.2) is 17.9 Å². The molecule has 1 fully saturated rings. The zero-order valence-electron chi connectivity index (χ0n) is 17.6. The Morgan fingerprint density at radius 3 is 2.55 bits per heavy atom. The van der Waals surface area contributed by atoms with Crippen LogP contribution in [0.5, 0.6) is 5.75 Å². The number of carbonyl (C=O) groups excluding carboxylic acids is 2. The quantitative estimate of drug-likeness (QED) is 0.214. The van der Waals surface area contributed by atoms with Crippen molar-refractivity contribution in [1.29, 1.82) is 0 Å². The summed E-state index contributed by atoms with van der Waals surface area (Å²) in [5.74, 6) is -0.847. The fourth-order valence-corrected chi connectivity index (χ4v) is 4.06. The number of carbonyl (C=O) groups is 2. The molecule has 1 aliphatic carbocycles. The van der Waals surface area contributed by atoms with Crippen molar-refractivity contribution in [3.05, 3.63) is 80.1 Å². The van der Waals surface area contributed by atoms with E-state index in [2.05, 4.69) is 5.32 Å². The van der Waals surface area contributed by atoms with Crippen molar-refractivity contribution in [2.24, 2.45) is 0 Å². The normalized spacial score (nSPS) is 14.5. The van der Waals surface area contributed by atoms with Gasteiger partial charge in [0, 0.05) is 23.6 Å². The van der Waals surface area contributed by atoms with Gasteiger partial charge < -0.3 is 14.5 Å². The second kappa shape index (κ2) is 10.2. The number of hydrogen-bond acceptors (Lipinski definition) is 5. The lowest BCUT2D eigenvalue weighted by molar-refractivity contribution is -0.128. The third-order valence-corrected chi connectivity index (χ3v) is 6.21. The van der Waals surface area contributed by atoms with Crippen LogP contribution in [0.2, 0.25) is 10.0 Å². The van der Waals surface area contributed by atoms with Gasteiger partial charge in [-0.05, 0) is 54.8 Å². The molecule has 6 nitrogen and oxygen atoms in total. The van der Waals surface area contributed by atoms with Crippen molar-refractivity contribution in [3.63, 3.8) is 0 Å². The van der Waals surface area contributed by atoms with Gasteiger partial charge in [-0.3, -0.25) is 4.79 Å². The van der Waals surface area contributed by atoms with Gasteiger partial charge in [-0.1, -0.05) is 48.5 Å². The number of fused-ring (bicyclic) bond motifs is 1. The summed E-state index contributed by atoms with van der Waals surface area (Å²) >= 11 is 11.8. The van der Waals surface area contributed by atoms with Gasteiger partial charge in [0.25, 0.3) is 5.91 Å². The SMILES string of the molecule is O=C(/C=C/c1ccc(Cl)c(Cl)c1)Oc1ccc2cc(C(=O)NC3CCCCC3)c(=O)oc2c1. The van der Waals surface area contributed by atoms with E-state index in [0.717, 1.165) is 25.7 Å². The number of nitrogens with one attached hydrogen (secondary N) is 1. The highest BCUT2D eigenvalue weighted by Crippen LogP contribution is 2.24. The Morgan fingerprint density at radius 1 is 1.00 bits per heavy atom. The molecule has 4 rings (SSSR count). The van der Waals surface area contributed by atoms with Gasteiger partial charge in [0.1, 0.15) is 16.9 Å². The van der Waals surface area contributed by atoms with E-state index < -0.39 is 17.5 Å². The third-order valence-electron chi connectivity index (χ3n) is 5.47. The van der Waals surface area contributed by atoms with E-state index in [0.29, 0.717) is 21.0 Å². The van der Waals surface area contributed by atoms with Crippen molar-refractivity contribution < 1.29 is 18.7 Å². The second-order valence-electron chi connectivity index (χ2n) is 7.88. The van der Waals surface area contributed by atoms with E-state index in [4.69, 9.17) is 32.4 Å². The average Bonchev–Trinajstić information content (AvgIpc) is 2.80. The highest BCUT2D eigenvalue weighted by Gasteiger charge is 2.20. The predicted octanol–water partition coefficient (Wildman–Crippen LogP) is 5.78. The number of hydrogen-bond donors (Lipinski definition) is 1. The lowest BCUT2D eigenvalue weighted by atomic mass is 9.95. The number of rotatable bonds is 5. The molecule has 0 radical (unpaired) electrons. The summed E-state index contributed by atoms with van der Waals surface area (Å²) in [5.41, 5.74) is 0.124. The summed E-state index contributed by atoms with van der Waals surface area (Å²) in [4.78, 5) is 37.1.